The summed E-state index contributed by atoms with van der Waals surface area (Å²) in [6.45, 7) is 2.18. The van der Waals surface area contributed by atoms with Crippen molar-refractivity contribution < 1.29 is 14.7 Å². The van der Waals surface area contributed by atoms with E-state index in [1.165, 1.54) is 4.90 Å². The number of hydrogen-bond donors (Lipinski definition) is 2. The molecule has 1 heterocycles. The van der Waals surface area contributed by atoms with Gasteiger partial charge in [0.1, 0.15) is 6.04 Å². The SMILES string of the molecule is C[C@@H](N)C(=O)N1CC2CCCC2C1C(=O)O. The molecule has 0 radical (unpaired) electrons. The lowest BCUT2D eigenvalue weighted by Gasteiger charge is -2.25. The summed E-state index contributed by atoms with van der Waals surface area (Å²) < 4.78 is 0. The van der Waals surface area contributed by atoms with E-state index in [9.17, 15) is 14.7 Å². The maximum absolute atomic E-state index is 11.8. The van der Waals surface area contributed by atoms with Crippen LogP contribution in [0.1, 0.15) is 26.2 Å². The third kappa shape index (κ3) is 1.69. The molecule has 1 aliphatic heterocycles. The van der Waals surface area contributed by atoms with Crippen molar-refractivity contribution in [2.24, 2.45) is 17.6 Å². The molecule has 5 nitrogen and oxygen atoms in total. The highest BCUT2D eigenvalue weighted by molar-refractivity contribution is 5.87. The standard InChI is InChI=1S/C11H18N2O3/c1-6(12)10(14)13-5-7-3-2-4-8(7)9(13)11(15)16/h6-9H,2-5,12H2,1H3,(H,15,16)/t6-,7?,8?,9?/m1/s1. The maximum atomic E-state index is 11.8. The Morgan fingerprint density at radius 3 is 2.69 bits per heavy atom. The number of carboxylic acids is 1. The van der Waals surface area contributed by atoms with Crippen LogP contribution >= 0.6 is 0 Å². The first-order valence-electron chi connectivity index (χ1n) is 5.81. The first-order valence-corrected chi connectivity index (χ1v) is 5.81. The summed E-state index contributed by atoms with van der Waals surface area (Å²) >= 11 is 0. The van der Waals surface area contributed by atoms with E-state index < -0.39 is 18.1 Å². The predicted octanol–water partition coefficient (Wildman–Crippen LogP) is 0.0453. The van der Waals surface area contributed by atoms with Crippen molar-refractivity contribution in [1.29, 1.82) is 0 Å². The number of likely N-dealkylation sites (tertiary alicyclic amines) is 1. The fraction of sp³-hybridized carbons (Fsp3) is 0.818. The van der Waals surface area contributed by atoms with Gasteiger partial charge in [-0.1, -0.05) is 6.42 Å². The topological polar surface area (TPSA) is 83.6 Å². The van der Waals surface area contributed by atoms with E-state index in [4.69, 9.17) is 5.73 Å². The van der Waals surface area contributed by atoms with E-state index in [-0.39, 0.29) is 11.8 Å². The lowest BCUT2D eigenvalue weighted by molar-refractivity contribution is -0.150. The maximum Gasteiger partial charge on any atom is 0.326 e. The molecule has 0 bridgehead atoms. The monoisotopic (exact) mass is 226 g/mol. The predicted molar refractivity (Wildman–Crippen MR) is 57.6 cm³/mol. The molecule has 16 heavy (non-hydrogen) atoms. The Morgan fingerprint density at radius 2 is 2.12 bits per heavy atom. The van der Waals surface area contributed by atoms with E-state index in [2.05, 4.69) is 0 Å². The Hall–Kier alpha value is -1.10. The first kappa shape index (κ1) is 11.4. The van der Waals surface area contributed by atoms with Crippen LogP contribution in [0.15, 0.2) is 0 Å². The summed E-state index contributed by atoms with van der Waals surface area (Å²) in [7, 11) is 0. The molecule has 3 N–H and O–H groups in total. The molecular weight excluding hydrogens is 208 g/mol. The summed E-state index contributed by atoms with van der Waals surface area (Å²) in [4.78, 5) is 24.5. The van der Waals surface area contributed by atoms with Crippen LogP contribution < -0.4 is 5.73 Å². The Balaban J connectivity index is 2.20. The third-order valence-corrected chi connectivity index (χ3v) is 3.82. The summed E-state index contributed by atoms with van der Waals surface area (Å²) in [6, 6.07) is -1.26. The third-order valence-electron chi connectivity index (χ3n) is 3.82. The molecule has 1 saturated carbocycles. The quantitative estimate of drug-likeness (QED) is 0.696. The molecule has 0 spiro atoms. The Bertz CT molecular complexity index is 316. The van der Waals surface area contributed by atoms with Gasteiger partial charge in [0.05, 0.1) is 6.04 Å². The molecule has 0 aromatic carbocycles. The van der Waals surface area contributed by atoms with E-state index in [1.807, 2.05) is 0 Å². The second kappa shape index (κ2) is 4.05. The Morgan fingerprint density at radius 1 is 1.44 bits per heavy atom. The summed E-state index contributed by atoms with van der Waals surface area (Å²) in [5, 5.41) is 9.23. The van der Waals surface area contributed by atoms with Gasteiger partial charge >= 0.3 is 5.97 Å². The number of carbonyl (C=O) groups excluding carboxylic acids is 1. The molecule has 4 atom stereocenters. The molecular formula is C11H18N2O3. The van der Waals surface area contributed by atoms with Crippen LogP contribution in [0.2, 0.25) is 0 Å². The van der Waals surface area contributed by atoms with Crippen molar-refractivity contribution in [3.8, 4) is 0 Å². The number of fused-ring (bicyclic) bond motifs is 1. The van der Waals surface area contributed by atoms with Crippen molar-refractivity contribution in [3.05, 3.63) is 0 Å². The molecule has 0 aromatic heterocycles. The normalized spacial score (nSPS) is 34.9. The number of aliphatic carboxylic acids is 1. The second-order valence-electron chi connectivity index (χ2n) is 4.92. The number of rotatable bonds is 2. The molecule has 2 aliphatic rings. The van der Waals surface area contributed by atoms with Crippen molar-refractivity contribution in [3.63, 3.8) is 0 Å². The van der Waals surface area contributed by atoms with E-state index in [0.29, 0.717) is 12.5 Å². The smallest absolute Gasteiger partial charge is 0.326 e. The van der Waals surface area contributed by atoms with Crippen molar-refractivity contribution in [2.75, 3.05) is 6.54 Å². The number of hydrogen-bond acceptors (Lipinski definition) is 3. The van der Waals surface area contributed by atoms with Crippen LogP contribution in [0.5, 0.6) is 0 Å². The van der Waals surface area contributed by atoms with Gasteiger partial charge in [0.25, 0.3) is 0 Å². The van der Waals surface area contributed by atoms with Crippen LogP contribution in [-0.4, -0.2) is 40.5 Å². The van der Waals surface area contributed by atoms with Crippen LogP contribution in [0.3, 0.4) is 0 Å². The average molecular weight is 226 g/mol. The van der Waals surface area contributed by atoms with E-state index >= 15 is 0 Å². The minimum atomic E-state index is -0.886. The molecule has 90 valence electrons. The van der Waals surface area contributed by atoms with Crippen LogP contribution in [0, 0.1) is 11.8 Å². The van der Waals surface area contributed by atoms with Gasteiger partial charge in [-0.25, -0.2) is 4.79 Å². The zero-order valence-corrected chi connectivity index (χ0v) is 9.43. The van der Waals surface area contributed by atoms with Gasteiger partial charge in [-0.05, 0) is 31.6 Å². The number of carboxylic acid groups (broad SMARTS) is 1. The lowest BCUT2D eigenvalue weighted by Crippen LogP contribution is -2.49. The minimum Gasteiger partial charge on any atom is -0.480 e. The zero-order chi connectivity index (χ0) is 11.9. The van der Waals surface area contributed by atoms with E-state index in [0.717, 1.165) is 19.3 Å². The highest BCUT2D eigenvalue weighted by Gasteiger charge is 2.49. The number of nitrogens with zero attached hydrogens (tertiary/aromatic N) is 1. The molecule has 2 fully saturated rings. The number of nitrogens with two attached hydrogens (primary N) is 1. The van der Waals surface area contributed by atoms with Crippen LogP contribution in [0.4, 0.5) is 0 Å². The summed E-state index contributed by atoms with van der Waals surface area (Å²) in [6.07, 6.45) is 3.04. The van der Waals surface area contributed by atoms with Gasteiger partial charge in [-0.3, -0.25) is 4.79 Å². The molecule has 1 aliphatic carbocycles. The minimum absolute atomic E-state index is 0.139. The second-order valence-corrected chi connectivity index (χ2v) is 4.92. The summed E-state index contributed by atoms with van der Waals surface area (Å²) in [5.74, 6) is -0.616. The molecule has 1 amide bonds. The molecule has 5 heteroatoms. The zero-order valence-electron chi connectivity index (χ0n) is 9.43. The first-order chi connectivity index (χ1) is 7.52. The van der Waals surface area contributed by atoms with Gasteiger partial charge in [0.15, 0.2) is 0 Å². The molecule has 1 saturated heterocycles. The van der Waals surface area contributed by atoms with Gasteiger partial charge in [-0.15, -0.1) is 0 Å². The summed E-state index contributed by atoms with van der Waals surface area (Å²) in [5.41, 5.74) is 5.54. The van der Waals surface area contributed by atoms with Crippen molar-refractivity contribution >= 4 is 11.9 Å². The molecule has 2 rings (SSSR count). The van der Waals surface area contributed by atoms with Crippen molar-refractivity contribution in [2.45, 2.75) is 38.3 Å². The Kier molecular flexibility index (Phi) is 2.88. The fourth-order valence-electron chi connectivity index (χ4n) is 3.11. The van der Waals surface area contributed by atoms with Gasteiger partial charge in [0, 0.05) is 6.54 Å². The van der Waals surface area contributed by atoms with Gasteiger partial charge in [-0.2, -0.15) is 0 Å². The number of amides is 1. The average Bonchev–Trinajstić information content (AvgIpc) is 2.73. The largest absolute Gasteiger partial charge is 0.480 e. The van der Waals surface area contributed by atoms with Gasteiger partial charge in [0.2, 0.25) is 5.91 Å². The van der Waals surface area contributed by atoms with Crippen molar-refractivity contribution in [1.82, 2.24) is 4.90 Å². The highest BCUT2D eigenvalue weighted by Crippen LogP contribution is 2.42. The van der Waals surface area contributed by atoms with E-state index in [1.54, 1.807) is 6.92 Å². The molecule has 3 unspecified atom stereocenters. The van der Waals surface area contributed by atoms with Gasteiger partial charge < -0.3 is 15.7 Å². The van der Waals surface area contributed by atoms with Crippen LogP contribution in [0.25, 0.3) is 0 Å². The number of carbonyl (C=O) groups is 2. The lowest BCUT2D eigenvalue weighted by atomic mass is 9.94. The molecule has 0 aromatic rings. The Labute approximate surface area is 94.6 Å². The fourth-order valence-corrected chi connectivity index (χ4v) is 3.11. The van der Waals surface area contributed by atoms with Crippen LogP contribution in [-0.2, 0) is 9.59 Å². The highest BCUT2D eigenvalue weighted by atomic mass is 16.4.